The Balaban J connectivity index is 2.65. The summed E-state index contributed by atoms with van der Waals surface area (Å²) in [6.45, 7) is 1.66. The largest absolute Gasteiger partial charge is 0.707 e. The average Bonchev–Trinajstić information content (AvgIpc) is 2.15. The predicted octanol–water partition coefficient (Wildman–Crippen LogP) is -0.0637. The third kappa shape index (κ3) is 1.52. The maximum absolute atomic E-state index is 8.34. The van der Waals surface area contributed by atoms with Gasteiger partial charge in [0.2, 0.25) is 0 Å². The minimum absolute atomic E-state index is 0.343. The maximum Gasteiger partial charge on any atom is 0.707 e. The van der Waals surface area contributed by atoms with Crippen LogP contribution < -0.4 is 4.65 Å². The van der Waals surface area contributed by atoms with Gasteiger partial charge >= 0.3 is 7.32 Å². The highest BCUT2D eigenvalue weighted by Crippen LogP contribution is 2.17. The summed E-state index contributed by atoms with van der Waals surface area (Å²) in [5.74, 6) is 0.864. The van der Waals surface area contributed by atoms with Gasteiger partial charge in [0.1, 0.15) is 11.5 Å². The lowest BCUT2D eigenvalue weighted by Crippen LogP contribution is -2.20. The third-order valence-electron chi connectivity index (χ3n) is 1.04. The van der Waals surface area contributed by atoms with Crippen LogP contribution in [0.15, 0.2) is 16.7 Å². The van der Waals surface area contributed by atoms with Gasteiger partial charge < -0.3 is 19.1 Å². The Morgan fingerprint density at radius 3 is 2.70 bits per heavy atom. The summed E-state index contributed by atoms with van der Waals surface area (Å²) in [4.78, 5) is 0. The second-order valence-electron chi connectivity index (χ2n) is 1.79. The van der Waals surface area contributed by atoms with Crippen LogP contribution in [0.2, 0.25) is 0 Å². The number of hydrogen-bond donors (Lipinski definition) is 2. The first-order valence-corrected chi connectivity index (χ1v) is 2.77. The van der Waals surface area contributed by atoms with Crippen LogP contribution in [-0.2, 0) is 0 Å². The van der Waals surface area contributed by atoms with E-state index in [1.54, 1.807) is 6.92 Å². The van der Waals surface area contributed by atoms with E-state index in [2.05, 4.69) is 4.65 Å². The molecule has 0 aliphatic heterocycles. The molecule has 0 bridgehead atoms. The van der Waals surface area contributed by atoms with Crippen LogP contribution in [0.3, 0.4) is 0 Å². The quantitative estimate of drug-likeness (QED) is 0.567. The summed E-state index contributed by atoms with van der Waals surface area (Å²) in [5, 5.41) is 16.7. The van der Waals surface area contributed by atoms with Crippen LogP contribution in [0.4, 0.5) is 0 Å². The summed E-state index contributed by atoms with van der Waals surface area (Å²) < 4.78 is 9.32. The molecule has 0 amide bonds. The minimum atomic E-state index is -1.78. The van der Waals surface area contributed by atoms with Gasteiger partial charge in [-0.1, -0.05) is 0 Å². The summed E-state index contributed by atoms with van der Waals surface area (Å²) in [6.07, 6.45) is 1.41. The van der Waals surface area contributed by atoms with Crippen LogP contribution in [0.25, 0.3) is 0 Å². The number of furan rings is 1. The van der Waals surface area contributed by atoms with Crippen molar-refractivity contribution < 1.29 is 19.1 Å². The predicted molar refractivity (Wildman–Crippen MR) is 34.3 cm³/mol. The van der Waals surface area contributed by atoms with Crippen LogP contribution >= 0.6 is 0 Å². The molecule has 0 atom stereocenters. The summed E-state index contributed by atoms with van der Waals surface area (Å²) in [5.41, 5.74) is 0. The summed E-state index contributed by atoms with van der Waals surface area (Å²) in [7, 11) is -1.78. The average molecular weight is 142 g/mol. The molecule has 1 heterocycles. The van der Waals surface area contributed by atoms with Gasteiger partial charge in [0.05, 0.1) is 6.26 Å². The molecule has 0 unspecified atom stereocenters. The molecule has 5 heteroatoms. The van der Waals surface area contributed by atoms with Crippen molar-refractivity contribution in [2.75, 3.05) is 0 Å². The Hall–Kier alpha value is -0.935. The Kier molecular flexibility index (Phi) is 1.98. The van der Waals surface area contributed by atoms with Gasteiger partial charge in [-0.2, -0.15) is 0 Å². The fourth-order valence-corrected chi connectivity index (χ4v) is 0.609. The van der Waals surface area contributed by atoms with Crippen LogP contribution in [0.1, 0.15) is 5.76 Å². The van der Waals surface area contributed by atoms with Crippen molar-refractivity contribution in [2.24, 2.45) is 0 Å². The van der Waals surface area contributed by atoms with E-state index in [-0.39, 0.29) is 0 Å². The second-order valence-corrected chi connectivity index (χ2v) is 1.79. The molecule has 10 heavy (non-hydrogen) atoms. The standard InChI is InChI=1S/C5H7BO4/c1-4-5(2-3-9-4)10-6(7)8/h2-3,7-8H,1H3. The molecule has 0 aliphatic rings. The Labute approximate surface area is 58.2 Å². The number of hydrogen-bond acceptors (Lipinski definition) is 4. The van der Waals surface area contributed by atoms with Crippen molar-refractivity contribution in [1.29, 1.82) is 0 Å². The first-order valence-electron chi connectivity index (χ1n) is 2.77. The van der Waals surface area contributed by atoms with Gasteiger partial charge in [-0.25, -0.2) is 0 Å². The van der Waals surface area contributed by atoms with E-state index >= 15 is 0 Å². The zero-order valence-corrected chi connectivity index (χ0v) is 5.44. The first kappa shape index (κ1) is 7.18. The van der Waals surface area contributed by atoms with Crippen molar-refractivity contribution in [3.63, 3.8) is 0 Å². The van der Waals surface area contributed by atoms with E-state index in [0.717, 1.165) is 0 Å². The lowest BCUT2D eigenvalue weighted by atomic mass is 10.2. The third-order valence-corrected chi connectivity index (χ3v) is 1.04. The molecule has 1 aromatic rings. The highest BCUT2D eigenvalue weighted by molar-refractivity contribution is 6.33. The SMILES string of the molecule is Cc1occc1OB(O)O. The molecule has 0 aromatic carbocycles. The monoisotopic (exact) mass is 142 g/mol. The molecule has 0 saturated heterocycles. The zero-order valence-electron chi connectivity index (χ0n) is 5.44. The van der Waals surface area contributed by atoms with Crippen LogP contribution in [0, 0.1) is 6.92 Å². The second kappa shape index (κ2) is 2.77. The van der Waals surface area contributed by atoms with E-state index < -0.39 is 7.32 Å². The fraction of sp³-hybridized carbons (Fsp3) is 0.200. The van der Waals surface area contributed by atoms with Gasteiger partial charge in [-0.05, 0) is 6.92 Å². The fourth-order valence-electron chi connectivity index (χ4n) is 0.609. The van der Waals surface area contributed by atoms with Crippen molar-refractivity contribution in [2.45, 2.75) is 6.92 Å². The molecular formula is C5H7BO4. The van der Waals surface area contributed by atoms with Crippen molar-refractivity contribution in [1.82, 2.24) is 0 Å². The van der Waals surface area contributed by atoms with Crippen molar-refractivity contribution >= 4 is 7.32 Å². The molecule has 0 fully saturated rings. The van der Waals surface area contributed by atoms with E-state index in [4.69, 9.17) is 14.5 Å². The molecule has 0 saturated carbocycles. The maximum atomic E-state index is 8.34. The molecule has 1 aromatic heterocycles. The number of rotatable bonds is 2. The smallest absolute Gasteiger partial charge is 0.509 e. The molecular weight excluding hydrogens is 135 g/mol. The van der Waals surface area contributed by atoms with Gasteiger partial charge in [0, 0.05) is 6.07 Å². The van der Waals surface area contributed by atoms with E-state index in [0.29, 0.717) is 11.5 Å². The molecule has 1 rings (SSSR count). The highest BCUT2D eigenvalue weighted by Gasteiger charge is 2.13. The van der Waals surface area contributed by atoms with Gasteiger partial charge in [0.25, 0.3) is 0 Å². The summed E-state index contributed by atoms with van der Waals surface area (Å²) >= 11 is 0. The number of aryl methyl sites for hydroxylation is 1. The lowest BCUT2D eigenvalue weighted by molar-refractivity contribution is 0.285. The molecule has 0 radical (unpaired) electrons. The molecule has 0 spiro atoms. The van der Waals surface area contributed by atoms with E-state index in [1.807, 2.05) is 0 Å². The lowest BCUT2D eigenvalue weighted by Gasteiger charge is -1.99. The van der Waals surface area contributed by atoms with Gasteiger partial charge in [-0.15, -0.1) is 0 Å². The summed E-state index contributed by atoms with van der Waals surface area (Å²) in [6, 6.07) is 1.51. The zero-order chi connectivity index (χ0) is 7.56. The molecule has 2 N–H and O–H groups in total. The minimum Gasteiger partial charge on any atom is -0.509 e. The molecule has 4 nitrogen and oxygen atoms in total. The van der Waals surface area contributed by atoms with Gasteiger partial charge in [-0.3, -0.25) is 0 Å². The molecule has 0 aliphatic carbocycles. The Morgan fingerprint density at radius 2 is 2.30 bits per heavy atom. The van der Waals surface area contributed by atoms with Crippen LogP contribution in [0.5, 0.6) is 5.75 Å². The van der Waals surface area contributed by atoms with Gasteiger partial charge in [0.15, 0.2) is 0 Å². The van der Waals surface area contributed by atoms with E-state index in [1.165, 1.54) is 12.3 Å². The van der Waals surface area contributed by atoms with E-state index in [9.17, 15) is 0 Å². The van der Waals surface area contributed by atoms with Crippen molar-refractivity contribution in [3.05, 3.63) is 18.1 Å². The highest BCUT2D eigenvalue weighted by atomic mass is 16.6. The van der Waals surface area contributed by atoms with Crippen LogP contribution in [-0.4, -0.2) is 17.4 Å². The topological polar surface area (TPSA) is 62.8 Å². The van der Waals surface area contributed by atoms with Crippen molar-refractivity contribution in [3.8, 4) is 5.75 Å². The Morgan fingerprint density at radius 1 is 1.60 bits per heavy atom. The molecule has 54 valence electrons. The normalized spacial score (nSPS) is 9.50. The first-order chi connectivity index (χ1) is 4.70. The Bertz CT molecular complexity index is 207.